The van der Waals surface area contributed by atoms with Crippen molar-refractivity contribution in [3.05, 3.63) is 36.5 Å². The number of aliphatic hydroxyl groups excluding tert-OH is 3. The van der Waals surface area contributed by atoms with Gasteiger partial charge in [0.15, 0.2) is 12.4 Å². The Balaban J connectivity index is 2.48. The molecule has 332 valence electrons. The Labute approximate surface area is 344 Å². The lowest BCUT2D eigenvalue weighted by Crippen LogP contribution is -2.60. The lowest BCUT2D eigenvalue weighted by Gasteiger charge is -2.40. The third kappa shape index (κ3) is 29.7. The summed E-state index contributed by atoms with van der Waals surface area (Å²) in [6.07, 6.45) is 29.0. The Hall–Kier alpha value is -2.13. The predicted molar refractivity (Wildman–Crippen MR) is 224 cm³/mol. The van der Waals surface area contributed by atoms with Crippen LogP contribution in [-0.2, 0) is 38.7 Å². The number of aliphatic hydroxyl groups is 3. The third-order valence-electron chi connectivity index (χ3n) is 9.94. The van der Waals surface area contributed by atoms with Gasteiger partial charge in [0, 0.05) is 12.8 Å². The van der Waals surface area contributed by atoms with Crippen LogP contribution in [0, 0.1) is 0 Å². The molecular formula is C44H78O12S. The lowest BCUT2D eigenvalue weighted by molar-refractivity contribution is -0.297. The summed E-state index contributed by atoms with van der Waals surface area (Å²) in [5.74, 6) is -2.02. The fourth-order valence-electron chi connectivity index (χ4n) is 6.45. The van der Waals surface area contributed by atoms with Gasteiger partial charge in [-0.05, 0) is 64.2 Å². The van der Waals surface area contributed by atoms with E-state index in [1.807, 2.05) is 0 Å². The maximum absolute atomic E-state index is 12.8. The van der Waals surface area contributed by atoms with E-state index in [0.717, 1.165) is 70.6 Å². The van der Waals surface area contributed by atoms with Crippen molar-refractivity contribution in [1.82, 2.24) is 0 Å². The Kier molecular flexibility index (Phi) is 32.2. The highest BCUT2D eigenvalue weighted by molar-refractivity contribution is 7.85. The van der Waals surface area contributed by atoms with Crippen LogP contribution in [0.1, 0.15) is 174 Å². The molecule has 0 radical (unpaired) electrons. The van der Waals surface area contributed by atoms with Gasteiger partial charge < -0.3 is 34.3 Å². The third-order valence-corrected chi connectivity index (χ3v) is 10.7. The number of ether oxygens (including phenoxy) is 4. The summed E-state index contributed by atoms with van der Waals surface area (Å²) in [7, 11) is -4.60. The van der Waals surface area contributed by atoms with Crippen LogP contribution in [-0.4, -0.2) is 96.0 Å². The topological polar surface area (TPSA) is 186 Å². The maximum Gasteiger partial charge on any atom is 0.306 e. The van der Waals surface area contributed by atoms with E-state index in [1.165, 1.54) is 64.2 Å². The molecule has 57 heavy (non-hydrogen) atoms. The average molecular weight is 831 g/mol. The molecule has 0 saturated carbocycles. The Morgan fingerprint density at radius 3 is 1.63 bits per heavy atom. The van der Waals surface area contributed by atoms with Gasteiger partial charge in [0.1, 0.15) is 36.8 Å². The van der Waals surface area contributed by atoms with Gasteiger partial charge in [0.05, 0.1) is 6.61 Å². The fourth-order valence-corrected chi connectivity index (χ4v) is 7.14. The number of carbonyl (C=O) groups is 2. The van der Waals surface area contributed by atoms with Crippen LogP contribution >= 0.6 is 0 Å². The summed E-state index contributed by atoms with van der Waals surface area (Å²) in [6.45, 7) is 3.68. The lowest BCUT2D eigenvalue weighted by atomic mass is 10.00. The molecule has 4 N–H and O–H groups in total. The highest BCUT2D eigenvalue weighted by Crippen LogP contribution is 2.24. The molecule has 0 aromatic carbocycles. The number of hydrogen-bond donors (Lipinski definition) is 4. The molecule has 12 nitrogen and oxygen atoms in total. The number of carbonyl (C=O) groups excluding carboxylic acids is 2. The Morgan fingerprint density at radius 1 is 0.596 bits per heavy atom. The van der Waals surface area contributed by atoms with Crippen LogP contribution < -0.4 is 0 Å². The fraction of sp³-hybridized carbons (Fsp3) is 0.818. The first-order chi connectivity index (χ1) is 27.5. The standard InChI is InChI=1S/C44H78O12S/c1-3-5-7-9-11-13-15-17-19-21-22-24-26-28-30-32-39(45)53-34-37(35-54-44-43(49)42(48)41(47)38(56-44)36-57(50,51)52)55-40(46)33-31-29-27-25-23-20-18-16-14-12-10-8-6-4-2/h10,12,16,18,21-22,37-38,41-44,47-49H,3-9,11,13-15,17,19-20,23-36H2,1-2H3,(H,50,51,52)/b12-10+,18-16+,22-21+/t37-,38-,41-,42?,43?,44+/m1/s1. The molecule has 1 heterocycles. The zero-order valence-electron chi connectivity index (χ0n) is 35.2. The second-order valence-corrected chi connectivity index (χ2v) is 16.9. The molecular weight excluding hydrogens is 753 g/mol. The van der Waals surface area contributed by atoms with Crippen LogP contribution in [0.3, 0.4) is 0 Å². The number of rotatable bonds is 36. The van der Waals surface area contributed by atoms with Crippen molar-refractivity contribution in [3.63, 3.8) is 0 Å². The summed E-state index contributed by atoms with van der Waals surface area (Å²) < 4.78 is 54.0. The van der Waals surface area contributed by atoms with Crippen LogP contribution in [0.25, 0.3) is 0 Å². The van der Waals surface area contributed by atoms with E-state index in [9.17, 15) is 37.9 Å². The van der Waals surface area contributed by atoms with Gasteiger partial charge in [-0.2, -0.15) is 8.42 Å². The van der Waals surface area contributed by atoms with Crippen LogP contribution in [0.15, 0.2) is 36.5 Å². The summed E-state index contributed by atoms with van der Waals surface area (Å²) in [6, 6.07) is 0. The quantitative estimate of drug-likeness (QED) is 0.0204. The van der Waals surface area contributed by atoms with Crippen molar-refractivity contribution < 1.29 is 56.8 Å². The molecule has 0 aromatic heterocycles. The van der Waals surface area contributed by atoms with Crippen molar-refractivity contribution in [3.8, 4) is 0 Å². The molecule has 1 aliphatic heterocycles. The van der Waals surface area contributed by atoms with Crippen molar-refractivity contribution in [2.24, 2.45) is 0 Å². The van der Waals surface area contributed by atoms with E-state index in [0.29, 0.717) is 12.8 Å². The minimum absolute atomic E-state index is 0.145. The second-order valence-electron chi connectivity index (χ2n) is 15.4. The summed E-state index contributed by atoms with van der Waals surface area (Å²) in [4.78, 5) is 25.3. The first-order valence-corrected chi connectivity index (χ1v) is 23.7. The molecule has 0 aliphatic carbocycles. The van der Waals surface area contributed by atoms with Crippen LogP contribution in [0.4, 0.5) is 0 Å². The Bertz CT molecular complexity index is 1200. The SMILES string of the molecule is CCCC/C=C/C/C=C/CCCCCCCC(=O)O[C@H](COC(=O)CCCCC/C=C/CCCCCCCCCC)CO[C@H]1O[C@H](CS(=O)(=O)O)[C@@H](O)C(O)C1O. The number of allylic oxidation sites excluding steroid dienone is 6. The van der Waals surface area contributed by atoms with E-state index < -0.39 is 71.2 Å². The summed E-state index contributed by atoms with van der Waals surface area (Å²) >= 11 is 0. The Morgan fingerprint density at radius 2 is 1.07 bits per heavy atom. The van der Waals surface area contributed by atoms with Crippen molar-refractivity contribution >= 4 is 22.1 Å². The van der Waals surface area contributed by atoms with Crippen molar-refractivity contribution in [2.75, 3.05) is 19.0 Å². The van der Waals surface area contributed by atoms with E-state index in [1.54, 1.807) is 0 Å². The first kappa shape index (κ1) is 52.9. The van der Waals surface area contributed by atoms with Crippen molar-refractivity contribution in [1.29, 1.82) is 0 Å². The zero-order valence-corrected chi connectivity index (χ0v) is 36.0. The monoisotopic (exact) mass is 831 g/mol. The maximum atomic E-state index is 12.8. The largest absolute Gasteiger partial charge is 0.462 e. The van der Waals surface area contributed by atoms with E-state index in [4.69, 9.17) is 18.9 Å². The van der Waals surface area contributed by atoms with E-state index in [2.05, 4.69) is 50.3 Å². The van der Waals surface area contributed by atoms with Gasteiger partial charge in [-0.1, -0.05) is 134 Å². The van der Waals surface area contributed by atoms with Gasteiger partial charge in [0.2, 0.25) is 0 Å². The molecule has 0 bridgehead atoms. The van der Waals surface area contributed by atoms with Gasteiger partial charge in [-0.3, -0.25) is 14.1 Å². The average Bonchev–Trinajstić information content (AvgIpc) is 3.17. The molecule has 1 aliphatic rings. The minimum Gasteiger partial charge on any atom is -0.462 e. The number of hydrogen-bond acceptors (Lipinski definition) is 11. The molecule has 0 spiro atoms. The van der Waals surface area contributed by atoms with Gasteiger partial charge >= 0.3 is 11.9 Å². The molecule has 6 atom stereocenters. The molecule has 0 amide bonds. The number of unbranched alkanes of at least 4 members (excludes halogenated alkanes) is 18. The minimum atomic E-state index is -4.60. The van der Waals surface area contributed by atoms with Gasteiger partial charge in [0.25, 0.3) is 10.1 Å². The predicted octanol–water partition coefficient (Wildman–Crippen LogP) is 8.61. The van der Waals surface area contributed by atoms with Crippen LogP contribution in [0.2, 0.25) is 0 Å². The van der Waals surface area contributed by atoms with E-state index in [-0.39, 0.29) is 19.4 Å². The molecule has 1 fully saturated rings. The molecule has 1 saturated heterocycles. The molecule has 2 unspecified atom stereocenters. The molecule has 13 heteroatoms. The highest BCUT2D eigenvalue weighted by atomic mass is 32.2. The second kappa shape index (κ2) is 34.7. The van der Waals surface area contributed by atoms with E-state index >= 15 is 0 Å². The summed E-state index contributed by atoms with van der Waals surface area (Å²) in [5, 5.41) is 30.8. The van der Waals surface area contributed by atoms with Gasteiger partial charge in [-0.15, -0.1) is 0 Å². The zero-order chi connectivity index (χ0) is 42.0. The number of esters is 2. The summed E-state index contributed by atoms with van der Waals surface area (Å²) in [5.41, 5.74) is 0. The first-order valence-electron chi connectivity index (χ1n) is 22.0. The molecule has 0 aromatic rings. The highest BCUT2D eigenvalue weighted by Gasteiger charge is 2.46. The molecule has 1 rings (SSSR count). The smallest absolute Gasteiger partial charge is 0.306 e. The van der Waals surface area contributed by atoms with Crippen LogP contribution in [0.5, 0.6) is 0 Å². The normalized spacial score (nSPS) is 20.8. The van der Waals surface area contributed by atoms with Crippen molar-refractivity contribution in [2.45, 2.75) is 211 Å². The van der Waals surface area contributed by atoms with Gasteiger partial charge in [-0.25, -0.2) is 0 Å².